The van der Waals surface area contributed by atoms with Crippen LogP contribution in [0.1, 0.15) is 23.9 Å². The molecular formula is C18H16N4O4. The summed E-state index contributed by atoms with van der Waals surface area (Å²) >= 11 is 0. The van der Waals surface area contributed by atoms with Gasteiger partial charge in [-0.25, -0.2) is 4.79 Å². The minimum Gasteiger partial charge on any atom is -0.479 e. The number of aryl methyl sites for hydroxylation is 1. The Morgan fingerprint density at radius 3 is 2.54 bits per heavy atom. The van der Waals surface area contributed by atoms with Crippen molar-refractivity contribution in [3.8, 4) is 11.4 Å². The fourth-order valence-electron chi connectivity index (χ4n) is 2.36. The molecule has 1 aromatic carbocycles. The standard InChI is InChI=1S/C18H16N4O4/c23-14(20-16(18(24)25)12-4-2-1-3-5-12)6-7-15-21-17(22-26-15)13-8-10-19-11-9-13/h1-5,8-11,16H,6-7H2,(H,20,23)(H,24,25)/t16-/m0/s1. The summed E-state index contributed by atoms with van der Waals surface area (Å²) in [6, 6.07) is 10.9. The summed E-state index contributed by atoms with van der Waals surface area (Å²) in [5.74, 6) is -0.818. The number of carboxylic acids is 1. The van der Waals surface area contributed by atoms with Crippen LogP contribution in [-0.2, 0) is 16.0 Å². The van der Waals surface area contributed by atoms with Gasteiger partial charge in [0, 0.05) is 30.8 Å². The Hall–Kier alpha value is -3.55. The quantitative estimate of drug-likeness (QED) is 0.667. The smallest absolute Gasteiger partial charge is 0.330 e. The molecule has 0 aliphatic rings. The van der Waals surface area contributed by atoms with Crippen molar-refractivity contribution in [2.24, 2.45) is 0 Å². The van der Waals surface area contributed by atoms with E-state index in [0.29, 0.717) is 17.3 Å². The number of aromatic nitrogens is 3. The number of amides is 1. The lowest BCUT2D eigenvalue weighted by Gasteiger charge is -2.14. The van der Waals surface area contributed by atoms with Gasteiger partial charge in [-0.05, 0) is 17.7 Å². The van der Waals surface area contributed by atoms with Gasteiger partial charge in [0.1, 0.15) is 0 Å². The molecule has 0 bridgehead atoms. The van der Waals surface area contributed by atoms with Crippen molar-refractivity contribution in [3.63, 3.8) is 0 Å². The van der Waals surface area contributed by atoms with Gasteiger partial charge >= 0.3 is 5.97 Å². The maximum Gasteiger partial charge on any atom is 0.330 e. The third-order valence-corrected chi connectivity index (χ3v) is 3.66. The lowest BCUT2D eigenvalue weighted by Crippen LogP contribution is -2.33. The molecule has 2 N–H and O–H groups in total. The Bertz CT molecular complexity index is 880. The zero-order chi connectivity index (χ0) is 18.4. The number of carbonyl (C=O) groups is 2. The number of hydrogen-bond donors (Lipinski definition) is 2. The fraction of sp³-hybridized carbons (Fsp3) is 0.167. The van der Waals surface area contributed by atoms with Crippen molar-refractivity contribution in [2.45, 2.75) is 18.9 Å². The highest BCUT2D eigenvalue weighted by Gasteiger charge is 2.22. The van der Waals surface area contributed by atoms with Crippen LogP contribution in [0.5, 0.6) is 0 Å². The number of rotatable bonds is 7. The summed E-state index contributed by atoms with van der Waals surface area (Å²) in [4.78, 5) is 31.7. The zero-order valence-corrected chi connectivity index (χ0v) is 13.7. The normalized spacial score (nSPS) is 11.7. The lowest BCUT2D eigenvalue weighted by atomic mass is 10.1. The Kier molecular flexibility index (Phi) is 5.33. The summed E-state index contributed by atoms with van der Waals surface area (Å²) in [5.41, 5.74) is 1.26. The first kappa shape index (κ1) is 17.3. The van der Waals surface area contributed by atoms with E-state index in [1.807, 2.05) is 0 Å². The van der Waals surface area contributed by atoms with Gasteiger partial charge in [0.05, 0.1) is 0 Å². The molecule has 0 aliphatic carbocycles. The minimum absolute atomic E-state index is 0.0363. The topological polar surface area (TPSA) is 118 Å². The molecule has 3 rings (SSSR count). The summed E-state index contributed by atoms with van der Waals surface area (Å²) in [7, 11) is 0. The average molecular weight is 352 g/mol. The summed E-state index contributed by atoms with van der Waals surface area (Å²) in [5, 5.41) is 15.7. The largest absolute Gasteiger partial charge is 0.479 e. The van der Waals surface area contributed by atoms with Gasteiger partial charge in [-0.2, -0.15) is 4.98 Å². The molecule has 3 aromatic rings. The summed E-state index contributed by atoms with van der Waals surface area (Å²) < 4.78 is 5.13. The Morgan fingerprint density at radius 1 is 1.12 bits per heavy atom. The van der Waals surface area contributed by atoms with Gasteiger partial charge < -0.3 is 14.9 Å². The SMILES string of the molecule is O=C(CCc1nc(-c2ccncc2)no1)N[C@H](C(=O)O)c1ccccc1. The maximum absolute atomic E-state index is 12.1. The summed E-state index contributed by atoms with van der Waals surface area (Å²) in [6.45, 7) is 0. The molecule has 0 spiro atoms. The molecule has 1 atom stereocenters. The number of pyridine rings is 1. The number of hydrogen-bond acceptors (Lipinski definition) is 6. The second-order valence-electron chi connectivity index (χ2n) is 5.50. The van der Waals surface area contributed by atoms with Gasteiger partial charge in [-0.1, -0.05) is 35.5 Å². The van der Waals surface area contributed by atoms with Gasteiger partial charge in [-0.3, -0.25) is 9.78 Å². The van der Waals surface area contributed by atoms with Crippen LogP contribution in [0.2, 0.25) is 0 Å². The van der Waals surface area contributed by atoms with Crippen molar-refractivity contribution < 1.29 is 19.2 Å². The summed E-state index contributed by atoms with van der Waals surface area (Å²) in [6.07, 6.45) is 3.49. The van der Waals surface area contributed by atoms with E-state index in [0.717, 1.165) is 5.56 Å². The van der Waals surface area contributed by atoms with Crippen LogP contribution in [0.15, 0.2) is 59.4 Å². The molecule has 0 fully saturated rings. The number of nitrogens with one attached hydrogen (secondary N) is 1. The second kappa shape index (κ2) is 8.02. The van der Waals surface area contributed by atoms with Crippen molar-refractivity contribution in [3.05, 3.63) is 66.3 Å². The molecule has 8 nitrogen and oxygen atoms in total. The Balaban J connectivity index is 1.59. The highest BCUT2D eigenvalue weighted by atomic mass is 16.5. The predicted molar refractivity (Wildman–Crippen MR) is 90.8 cm³/mol. The van der Waals surface area contributed by atoms with E-state index in [4.69, 9.17) is 4.52 Å². The molecule has 8 heteroatoms. The molecule has 1 amide bonds. The second-order valence-corrected chi connectivity index (χ2v) is 5.50. The highest BCUT2D eigenvalue weighted by Crippen LogP contribution is 2.16. The molecule has 132 valence electrons. The first-order valence-electron chi connectivity index (χ1n) is 7.93. The fourth-order valence-corrected chi connectivity index (χ4v) is 2.36. The van der Waals surface area contributed by atoms with Gasteiger partial charge in [0.15, 0.2) is 6.04 Å². The van der Waals surface area contributed by atoms with Crippen LogP contribution in [0, 0.1) is 0 Å². The van der Waals surface area contributed by atoms with Crippen LogP contribution in [-0.4, -0.2) is 32.1 Å². The molecule has 0 unspecified atom stereocenters. The van der Waals surface area contributed by atoms with Crippen molar-refractivity contribution in [1.29, 1.82) is 0 Å². The maximum atomic E-state index is 12.1. The molecule has 2 heterocycles. The Labute approximate surface area is 148 Å². The monoisotopic (exact) mass is 352 g/mol. The molecule has 2 aromatic heterocycles. The molecule has 26 heavy (non-hydrogen) atoms. The van der Waals surface area contributed by atoms with Gasteiger partial charge in [-0.15, -0.1) is 0 Å². The van der Waals surface area contributed by atoms with Crippen LogP contribution in [0.3, 0.4) is 0 Å². The minimum atomic E-state index is -1.12. The highest BCUT2D eigenvalue weighted by molar-refractivity contribution is 5.84. The van der Waals surface area contributed by atoms with E-state index < -0.39 is 17.9 Å². The van der Waals surface area contributed by atoms with Crippen molar-refractivity contribution in [2.75, 3.05) is 0 Å². The van der Waals surface area contributed by atoms with Crippen LogP contribution in [0.4, 0.5) is 0 Å². The molecule has 0 saturated heterocycles. The van der Waals surface area contributed by atoms with E-state index in [2.05, 4.69) is 20.4 Å². The number of aliphatic carboxylic acids is 1. The lowest BCUT2D eigenvalue weighted by molar-refractivity contribution is -0.142. The first-order chi connectivity index (χ1) is 12.6. The van der Waals surface area contributed by atoms with E-state index in [-0.39, 0.29) is 12.8 Å². The first-order valence-corrected chi connectivity index (χ1v) is 7.93. The van der Waals surface area contributed by atoms with Crippen LogP contribution in [0.25, 0.3) is 11.4 Å². The van der Waals surface area contributed by atoms with E-state index in [1.165, 1.54) is 0 Å². The third-order valence-electron chi connectivity index (χ3n) is 3.66. The number of carboxylic acid groups (broad SMARTS) is 1. The van der Waals surface area contributed by atoms with Crippen LogP contribution < -0.4 is 5.32 Å². The zero-order valence-electron chi connectivity index (χ0n) is 13.7. The Morgan fingerprint density at radius 2 is 1.85 bits per heavy atom. The van der Waals surface area contributed by atoms with Crippen molar-refractivity contribution in [1.82, 2.24) is 20.4 Å². The molecular weight excluding hydrogens is 336 g/mol. The van der Waals surface area contributed by atoms with E-state index in [1.54, 1.807) is 54.9 Å². The molecule has 0 aliphatic heterocycles. The van der Waals surface area contributed by atoms with Crippen molar-refractivity contribution >= 4 is 11.9 Å². The predicted octanol–water partition coefficient (Wildman–Crippen LogP) is 2.01. The number of carbonyl (C=O) groups excluding carboxylic acids is 1. The number of nitrogens with zero attached hydrogens (tertiary/aromatic N) is 3. The third kappa shape index (κ3) is 4.29. The van der Waals surface area contributed by atoms with E-state index in [9.17, 15) is 14.7 Å². The van der Waals surface area contributed by atoms with Gasteiger partial charge in [0.25, 0.3) is 0 Å². The number of benzene rings is 1. The van der Waals surface area contributed by atoms with E-state index >= 15 is 0 Å². The molecule has 0 radical (unpaired) electrons. The van der Waals surface area contributed by atoms with Gasteiger partial charge in [0.2, 0.25) is 17.6 Å². The average Bonchev–Trinajstić information content (AvgIpc) is 3.15. The molecule has 0 saturated carbocycles. The van der Waals surface area contributed by atoms with Crippen LogP contribution >= 0.6 is 0 Å².